The summed E-state index contributed by atoms with van der Waals surface area (Å²) >= 11 is 15.2. The van der Waals surface area contributed by atoms with Crippen LogP contribution < -0.4 is 0 Å². The second-order valence-corrected chi connectivity index (χ2v) is 5.29. The minimum atomic E-state index is -0.250. The molecule has 17 heavy (non-hydrogen) atoms. The molecule has 0 nitrogen and oxygen atoms in total. The summed E-state index contributed by atoms with van der Waals surface area (Å²) < 4.78 is 13.6. The Morgan fingerprint density at radius 1 is 1.00 bits per heavy atom. The number of rotatable bonds is 2. The van der Waals surface area contributed by atoms with Crippen LogP contribution in [0.2, 0.25) is 10.0 Å². The van der Waals surface area contributed by atoms with E-state index in [-0.39, 0.29) is 10.6 Å². The number of hydrogen-bond donors (Lipinski definition) is 0. The Morgan fingerprint density at radius 2 is 1.71 bits per heavy atom. The fourth-order valence-corrected chi connectivity index (χ4v) is 2.49. The van der Waals surface area contributed by atoms with Gasteiger partial charge < -0.3 is 0 Å². The first kappa shape index (κ1) is 12.9. The average molecular weight is 334 g/mol. The summed E-state index contributed by atoms with van der Waals surface area (Å²) in [6, 6.07) is 11.9. The molecular formula is C13H8BrCl2F. The highest BCUT2D eigenvalue weighted by Gasteiger charge is 2.15. The number of halogens is 4. The van der Waals surface area contributed by atoms with E-state index in [9.17, 15) is 4.39 Å². The molecule has 0 radical (unpaired) electrons. The normalized spacial score (nSPS) is 12.5. The Bertz CT molecular complexity index is 543. The topological polar surface area (TPSA) is 0 Å². The van der Waals surface area contributed by atoms with Gasteiger partial charge in [0.1, 0.15) is 5.82 Å². The summed E-state index contributed by atoms with van der Waals surface area (Å²) in [5, 5.41) is 0.952. The molecule has 0 aliphatic heterocycles. The molecule has 0 aliphatic carbocycles. The lowest BCUT2D eigenvalue weighted by molar-refractivity contribution is 0.613. The van der Waals surface area contributed by atoms with E-state index < -0.39 is 0 Å². The molecule has 4 heteroatoms. The number of alkyl halides is 1. The molecule has 0 aromatic heterocycles. The summed E-state index contributed by atoms with van der Waals surface area (Å²) in [7, 11) is 0. The molecule has 1 atom stereocenters. The highest BCUT2D eigenvalue weighted by molar-refractivity contribution is 9.09. The minimum absolute atomic E-state index is 0.238. The van der Waals surface area contributed by atoms with Crippen molar-refractivity contribution in [2.45, 2.75) is 4.83 Å². The van der Waals surface area contributed by atoms with Crippen LogP contribution >= 0.6 is 39.1 Å². The maximum atomic E-state index is 13.6. The number of hydrogen-bond acceptors (Lipinski definition) is 0. The van der Waals surface area contributed by atoms with Crippen LogP contribution in [0.15, 0.2) is 42.5 Å². The Hall–Kier alpha value is -0.570. The second-order valence-electron chi connectivity index (χ2n) is 3.56. The van der Waals surface area contributed by atoms with Crippen molar-refractivity contribution in [2.24, 2.45) is 0 Å². The predicted molar refractivity (Wildman–Crippen MR) is 73.6 cm³/mol. The van der Waals surface area contributed by atoms with Gasteiger partial charge in [0.15, 0.2) is 0 Å². The monoisotopic (exact) mass is 332 g/mol. The Balaban J connectivity index is 2.40. The van der Waals surface area contributed by atoms with E-state index >= 15 is 0 Å². The fraction of sp³-hybridized carbons (Fsp3) is 0.0769. The van der Waals surface area contributed by atoms with Crippen molar-refractivity contribution in [3.63, 3.8) is 0 Å². The van der Waals surface area contributed by atoms with Crippen molar-refractivity contribution in [3.8, 4) is 0 Å². The predicted octanol–water partition coefficient (Wildman–Crippen LogP) is 5.62. The van der Waals surface area contributed by atoms with Gasteiger partial charge in [0.2, 0.25) is 0 Å². The number of benzene rings is 2. The zero-order chi connectivity index (χ0) is 12.4. The first-order valence-corrected chi connectivity index (χ1v) is 6.60. The molecular weight excluding hydrogens is 326 g/mol. The van der Waals surface area contributed by atoms with Crippen LogP contribution in [-0.4, -0.2) is 0 Å². The maximum absolute atomic E-state index is 13.6. The van der Waals surface area contributed by atoms with Crippen molar-refractivity contribution in [1.82, 2.24) is 0 Å². The summed E-state index contributed by atoms with van der Waals surface area (Å²) in [4.78, 5) is -0.238. The van der Waals surface area contributed by atoms with E-state index in [0.29, 0.717) is 15.6 Å². The molecule has 0 amide bonds. The standard InChI is InChI=1S/C13H8BrCl2F/c14-13(9-3-1-2-4-12(9)17)8-5-6-10(15)11(16)7-8/h1-7,13H. The van der Waals surface area contributed by atoms with E-state index in [1.807, 2.05) is 6.07 Å². The second kappa shape index (κ2) is 5.38. The van der Waals surface area contributed by atoms with E-state index in [1.165, 1.54) is 6.07 Å². The fourth-order valence-electron chi connectivity index (χ4n) is 1.53. The lowest BCUT2D eigenvalue weighted by atomic mass is 10.0. The molecule has 0 N–H and O–H groups in total. The summed E-state index contributed by atoms with van der Waals surface area (Å²) in [6.07, 6.45) is 0. The van der Waals surface area contributed by atoms with Gasteiger partial charge in [-0.3, -0.25) is 0 Å². The third-order valence-corrected chi connectivity index (χ3v) is 4.18. The van der Waals surface area contributed by atoms with Crippen molar-refractivity contribution in [3.05, 3.63) is 69.5 Å². The first-order chi connectivity index (χ1) is 8.09. The van der Waals surface area contributed by atoms with E-state index in [4.69, 9.17) is 23.2 Å². The molecule has 1 unspecified atom stereocenters. The van der Waals surface area contributed by atoms with Gasteiger partial charge in [-0.1, -0.05) is 63.4 Å². The van der Waals surface area contributed by atoms with Crippen LogP contribution in [0.1, 0.15) is 16.0 Å². The van der Waals surface area contributed by atoms with Crippen LogP contribution in [-0.2, 0) is 0 Å². The summed E-state index contributed by atoms with van der Waals surface area (Å²) in [6.45, 7) is 0. The maximum Gasteiger partial charge on any atom is 0.127 e. The highest BCUT2D eigenvalue weighted by atomic mass is 79.9. The molecule has 0 saturated heterocycles. The summed E-state index contributed by atoms with van der Waals surface area (Å²) in [5.41, 5.74) is 1.44. The van der Waals surface area contributed by atoms with Gasteiger partial charge in [-0.05, 0) is 23.8 Å². The first-order valence-electron chi connectivity index (χ1n) is 4.93. The molecule has 2 rings (SSSR count). The van der Waals surface area contributed by atoms with E-state index in [0.717, 1.165) is 5.56 Å². The Labute approximate surface area is 117 Å². The largest absolute Gasteiger partial charge is 0.207 e. The van der Waals surface area contributed by atoms with Gasteiger partial charge in [0.05, 0.1) is 14.9 Å². The van der Waals surface area contributed by atoms with E-state index in [1.54, 1.807) is 30.3 Å². The van der Waals surface area contributed by atoms with E-state index in [2.05, 4.69) is 15.9 Å². The molecule has 0 bridgehead atoms. The van der Waals surface area contributed by atoms with Gasteiger partial charge in [0.25, 0.3) is 0 Å². The molecule has 2 aromatic carbocycles. The SMILES string of the molecule is Fc1ccccc1C(Br)c1ccc(Cl)c(Cl)c1. The molecule has 88 valence electrons. The van der Waals surface area contributed by atoms with Crippen LogP contribution in [0, 0.1) is 5.82 Å². The van der Waals surface area contributed by atoms with Crippen LogP contribution in [0.3, 0.4) is 0 Å². The van der Waals surface area contributed by atoms with Crippen molar-refractivity contribution in [1.29, 1.82) is 0 Å². The zero-order valence-electron chi connectivity index (χ0n) is 8.63. The zero-order valence-corrected chi connectivity index (χ0v) is 11.7. The smallest absolute Gasteiger partial charge is 0.127 e. The third-order valence-electron chi connectivity index (χ3n) is 2.41. The molecule has 0 heterocycles. The minimum Gasteiger partial charge on any atom is -0.207 e. The molecule has 0 spiro atoms. The molecule has 0 saturated carbocycles. The molecule has 0 fully saturated rings. The quantitative estimate of drug-likeness (QED) is 0.626. The van der Waals surface area contributed by atoms with Gasteiger partial charge in [-0.2, -0.15) is 0 Å². The third kappa shape index (κ3) is 2.82. The van der Waals surface area contributed by atoms with Gasteiger partial charge >= 0.3 is 0 Å². The van der Waals surface area contributed by atoms with Crippen LogP contribution in [0.5, 0.6) is 0 Å². The van der Waals surface area contributed by atoms with Crippen molar-refractivity contribution in [2.75, 3.05) is 0 Å². The van der Waals surface area contributed by atoms with Crippen molar-refractivity contribution >= 4 is 39.1 Å². The molecule has 0 aliphatic rings. The average Bonchev–Trinajstić information content (AvgIpc) is 2.32. The molecule has 2 aromatic rings. The lowest BCUT2D eigenvalue weighted by Crippen LogP contribution is -1.96. The Kier molecular flexibility index (Phi) is 4.08. The van der Waals surface area contributed by atoms with Crippen molar-refractivity contribution < 1.29 is 4.39 Å². The van der Waals surface area contributed by atoms with Gasteiger partial charge in [-0.25, -0.2) is 4.39 Å². The summed E-state index contributed by atoms with van der Waals surface area (Å²) in [5.74, 6) is -0.250. The van der Waals surface area contributed by atoms with Gasteiger partial charge in [-0.15, -0.1) is 0 Å². The lowest BCUT2D eigenvalue weighted by Gasteiger charge is -2.12. The van der Waals surface area contributed by atoms with Crippen LogP contribution in [0.25, 0.3) is 0 Å². The highest BCUT2D eigenvalue weighted by Crippen LogP contribution is 2.35. The van der Waals surface area contributed by atoms with Crippen LogP contribution in [0.4, 0.5) is 4.39 Å². The Morgan fingerprint density at radius 3 is 2.35 bits per heavy atom. The van der Waals surface area contributed by atoms with Gasteiger partial charge in [0, 0.05) is 5.56 Å².